The van der Waals surface area contributed by atoms with Crippen LogP contribution in [0.15, 0.2) is 103 Å². The maximum absolute atomic E-state index is 5.52. The first-order chi connectivity index (χ1) is 16.7. The van der Waals surface area contributed by atoms with Crippen molar-refractivity contribution >= 4 is 5.69 Å². The number of nitrogens with one attached hydrogen (secondary N) is 1. The highest BCUT2D eigenvalue weighted by atomic mass is 16.5. The topological polar surface area (TPSA) is 30.5 Å². The average molecular weight is 448 g/mol. The van der Waals surface area contributed by atoms with Gasteiger partial charge in [-0.15, -0.1) is 0 Å². The molecule has 6 rings (SSSR count). The molecule has 0 bridgehead atoms. The van der Waals surface area contributed by atoms with E-state index in [-0.39, 0.29) is 16.9 Å². The first kappa shape index (κ1) is 20.9. The number of para-hydroxylation sites is 1. The summed E-state index contributed by atoms with van der Waals surface area (Å²) in [5, 5.41) is 3.96. The van der Waals surface area contributed by atoms with Gasteiger partial charge < -0.3 is 14.8 Å². The van der Waals surface area contributed by atoms with E-state index in [1.165, 1.54) is 27.9 Å². The second-order valence-corrected chi connectivity index (χ2v) is 9.40. The summed E-state index contributed by atoms with van der Waals surface area (Å²) >= 11 is 0. The number of rotatable bonds is 5. The normalized spacial score (nSPS) is 19.1. The molecule has 1 atom stereocenters. The summed E-state index contributed by atoms with van der Waals surface area (Å²) in [6, 6.07) is 37.4. The maximum Gasteiger partial charge on any atom is 0.118 e. The van der Waals surface area contributed by atoms with Gasteiger partial charge in [0.1, 0.15) is 11.5 Å². The van der Waals surface area contributed by atoms with Crippen LogP contribution in [0, 0.1) is 5.41 Å². The van der Waals surface area contributed by atoms with Crippen LogP contribution in [0.4, 0.5) is 5.69 Å². The molecule has 34 heavy (non-hydrogen) atoms. The van der Waals surface area contributed by atoms with Crippen molar-refractivity contribution in [3.05, 3.63) is 125 Å². The van der Waals surface area contributed by atoms with Crippen LogP contribution in [0.1, 0.15) is 41.1 Å². The van der Waals surface area contributed by atoms with Crippen LogP contribution in [0.25, 0.3) is 0 Å². The van der Waals surface area contributed by atoms with Crippen molar-refractivity contribution in [2.45, 2.75) is 24.3 Å². The van der Waals surface area contributed by atoms with Crippen LogP contribution in [-0.2, 0) is 5.41 Å². The van der Waals surface area contributed by atoms with Gasteiger partial charge in [-0.2, -0.15) is 0 Å². The Hall–Kier alpha value is -3.72. The molecule has 4 aromatic rings. The maximum atomic E-state index is 5.52. The third-order valence-corrected chi connectivity index (χ3v) is 7.90. The third-order valence-electron chi connectivity index (χ3n) is 7.90. The Morgan fingerprint density at radius 3 is 1.71 bits per heavy atom. The van der Waals surface area contributed by atoms with Gasteiger partial charge in [-0.1, -0.05) is 72.8 Å². The van der Waals surface area contributed by atoms with Crippen molar-refractivity contribution in [3.8, 4) is 11.5 Å². The zero-order valence-electron chi connectivity index (χ0n) is 19.6. The lowest BCUT2D eigenvalue weighted by molar-refractivity contribution is 0.285. The molecular formula is C31H29NO2. The fraction of sp³-hybridized carbons (Fsp3) is 0.226. The minimum Gasteiger partial charge on any atom is -0.497 e. The molecule has 170 valence electrons. The van der Waals surface area contributed by atoms with Crippen LogP contribution >= 0.6 is 0 Å². The van der Waals surface area contributed by atoms with E-state index in [0.29, 0.717) is 0 Å². The highest BCUT2D eigenvalue weighted by Crippen LogP contribution is 2.73. The van der Waals surface area contributed by atoms with Gasteiger partial charge in [-0.05, 0) is 65.4 Å². The Morgan fingerprint density at radius 1 is 0.647 bits per heavy atom. The highest BCUT2D eigenvalue weighted by molar-refractivity contribution is 5.70. The molecule has 0 saturated heterocycles. The molecule has 3 nitrogen and oxygen atoms in total. The third kappa shape index (κ3) is 2.89. The van der Waals surface area contributed by atoms with Crippen LogP contribution < -0.4 is 14.8 Å². The number of hydrogen-bond donors (Lipinski definition) is 1. The van der Waals surface area contributed by atoms with Gasteiger partial charge >= 0.3 is 0 Å². The Bertz CT molecular complexity index is 1240. The summed E-state index contributed by atoms with van der Waals surface area (Å²) in [7, 11) is 3.45. The summed E-state index contributed by atoms with van der Waals surface area (Å²) in [5.74, 6) is 1.75. The number of anilines is 1. The molecule has 0 amide bonds. The molecule has 4 aromatic carbocycles. The Balaban J connectivity index is 1.68. The van der Waals surface area contributed by atoms with Crippen LogP contribution in [-0.4, -0.2) is 14.2 Å². The Morgan fingerprint density at radius 2 is 1.18 bits per heavy atom. The summed E-state index contributed by atoms with van der Waals surface area (Å²) in [6.07, 6.45) is 2.29. The van der Waals surface area contributed by atoms with E-state index in [4.69, 9.17) is 9.47 Å². The predicted molar refractivity (Wildman–Crippen MR) is 137 cm³/mol. The molecule has 1 saturated carbocycles. The molecule has 1 fully saturated rings. The van der Waals surface area contributed by atoms with E-state index >= 15 is 0 Å². The van der Waals surface area contributed by atoms with Gasteiger partial charge in [-0.3, -0.25) is 0 Å². The van der Waals surface area contributed by atoms with Crippen molar-refractivity contribution in [2.75, 3.05) is 19.5 Å². The number of hydrogen-bond acceptors (Lipinski definition) is 3. The van der Waals surface area contributed by atoms with E-state index in [9.17, 15) is 0 Å². The van der Waals surface area contributed by atoms with Gasteiger partial charge in [0.2, 0.25) is 0 Å². The number of fused-ring (bicyclic) bond motifs is 1. The summed E-state index contributed by atoms with van der Waals surface area (Å²) < 4.78 is 11.0. The van der Waals surface area contributed by atoms with Gasteiger partial charge in [0, 0.05) is 11.1 Å². The summed E-state index contributed by atoms with van der Waals surface area (Å²) in [4.78, 5) is 0. The number of ether oxygens (including phenoxy) is 2. The average Bonchev–Trinajstić information content (AvgIpc) is 3.71. The molecule has 1 N–H and O–H groups in total. The molecule has 1 heterocycles. The van der Waals surface area contributed by atoms with Crippen molar-refractivity contribution in [3.63, 3.8) is 0 Å². The van der Waals surface area contributed by atoms with Crippen LogP contribution in [0.3, 0.4) is 0 Å². The monoisotopic (exact) mass is 447 g/mol. The smallest absolute Gasteiger partial charge is 0.118 e. The van der Waals surface area contributed by atoms with E-state index in [1.807, 2.05) is 0 Å². The molecule has 1 aliphatic heterocycles. The second kappa shape index (κ2) is 7.95. The van der Waals surface area contributed by atoms with Crippen LogP contribution in [0.2, 0.25) is 0 Å². The van der Waals surface area contributed by atoms with Gasteiger partial charge in [0.15, 0.2) is 0 Å². The molecular weight excluding hydrogens is 418 g/mol. The highest BCUT2D eigenvalue weighted by Gasteiger charge is 2.67. The lowest BCUT2D eigenvalue weighted by Gasteiger charge is -2.52. The van der Waals surface area contributed by atoms with Gasteiger partial charge in [-0.25, -0.2) is 0 Å². The zero-order chi connectivity index (χ0) is 23.2. The fourth-order valence-corrected chi connectivity index (χ4v) is 6.30. The first-order valence-electron chi connectivity index (χ1n) is 11.9. The quantitative estimate of drug-likeness (QED) is 0.358. The summed E-state index contributed by atoms with van der Waals surface area (Å²) in [6.45, 7) is 0. The second-order valence-electron chi connectivity index (χ2n) is 9.40. The van der Waals surface area contributed by atoms with Gasteiger partial charge in [0.05, 0.1) is 25.7 Å². The van der Waals surface area contributed by atoms with E-state index in [2.05, 4.69) is 108 Å². The molecule has 0 radical (unpaired) electrons. The molecule has 1 aliphatic carbocycles. The van der Waals surface area contributed by atoms with Crippen molar-refractivity contribution in [1.29, 1.82) is 0 Å². The molecule has 0 aromatic heterocycles. The Labute approximate surface area is 201 Å². The fourth-order valence-electron chi connectivity index (χ4n) is 6.30. The predicted octanol–water partition coefficient (Wildman–Crippen LogP) is 6.99. The van der Waals surface area contributed by atoms with E-state index in [0.717, 1.165) is 24.3 Å². The first-order valence-corrected chi connectivity index (χ1v) is 11.9. The lowest BCUT2D eigenvalue weighted by Crippen LogP contribution is -2.48. The summed E-state index contributed by atoms with van der Waals surface area (Å²) in [5.41, 5.74) is 6.15. The minimum absolute atomic E-state index is 0.00584. The number of methoxy groups -OCH3 is 2. The van der Waals surface area contributed by atoms with Crippen molar-refractivity contribution < 1.29 is 9.47 Å². The molecule has 3 heteroatoms. The van der Waals surface area contributed by atoms with Crippen molar-refractivity contribution in [1.82, 2.24) is 0 Å². The van der Waals surface area contributed by atoms with Crippen molar-refractivity contribution in [2.24, 2.45) is 5.41 Å². The molecule has 1 unspecified atom stereocenters. The van der Waals surface area contributed by atoms with Gasteiger partial charge in [0.25, 0.3) is 0 Å². The minimum atomic E-state index is -0.312. The lowest BCUT2D eigenvalue weighted by atomic mass is 9.54. The van der Waals surface area contributed by atoms with E-state index in [1.54, 1.807) is 14.2 Å². The largest absolute Gasteiger partial charge is 0.497 e. The molecule has 1 spiro atoms. The van der Waals surface area contributed by atoms with Crippen LogP contribution in [0.5, 0.6) is 11.5 Å². The molecule has 2 aliphatic rings. The zero-order valence-corrected chi connectivity index (χ0v) is 19.6. The van der Waals surface area contributed by atoms with E-state index < -0.39 is 0 Å². The number of benzene rings is 4. The standard InChI is InChI=1S/C31H29NO2/c1-33-25-16-12-23(13-17-25)31(24-14-18-26(34-2)19-15-24)27-10-6-7-11-28(27)32-29(30(31)20-21-30)22-8-4-3-5-9-22/h3-19,29,32H,20-21H2,1-2H3. The SMILES string of the molecule is COc1ccc(C2(c3ccc(OC)cc3)c3ccccc3NC(c3ccccc3)C23CC3)cc1. The Kier molecular flexibility index (Phi) is 4.88.